The predicted molar refractivity (Wildman–Crippen MR) is 77.3 cm³/mol. The molecule has 0 bridgehead atoms. The average Bonchev–Trinajstić information content (AvgIpc) is 3.06. The van der Waals surface area contributed by atoms with Gasteiger partial charge in [-0.2, -0.15) is 4.98 Å². The second-order valence-corrected chi connectivity index (χ2v) is 6.24. The highest BCUT2D eigenvalue weighted by molar-refractivity contribution is 5.91. The van der Waals surface area contributed by atoms with Gasteiger partial charge in [0.05, 0.1) is 6.26 Å². The predicted octanol–water partition coefficient (Wildman–Crippen LogP) is 2.63. The number of carbonyl (C=O) groups is 1. The zero-order chi connectivity index (χ0) is 14.9. The minimum Gasteiger partial charge on any atom is -0.459 e. The van der Waals surface area contributed by atoms with Crippen LogP contribution in [0.5, 0.6) is 0 Å². The molecule has 116 valence electrons. The molecule has 22 heavy (non-hydrogen) atoms. The molecule has 4 rings (SSSR count). The van der Waals surface area contributed by atoms with Gasteiger partial charge < -0.3 is 13.8 Å². The van der Waals surface area contributed by atoms with Gasteiger partial charge in [0, 0.05) is 25.4 Å². The highest BCUT2D eigenvalue weighted by Gasteiger charge is 2.30. The Kier molecular flexibility index (Phi) is 3.44. The van der Waals surface area contributed by atoms with Gasteiger partial charge in [-0.15, -0.1) is 0 Å². The lowest BCUT2D eigenvalue weighted by molar-refractivity contribution is 0.0655. The molecule has 6 heteroatoms. The third kappa shape index (κ3) is 2.77. The van der Waals surface area contributed by atoms with E-state index in [1.807, 2.05) is 4.90 Å². The molecule has 2 aliphatic rings. The van der Waals surface area contributed by atoms with Crippen LogP contribution in [-0.4, -0.2) is 34.0 Å². The molecule has 1 saturated heterocycles. The van der Waals surface area contributed by atoms with Gasteiger partial charge in [-0.3, -0.25) is 4.79 Å². The first-order chi connectivity index (χ1) is 10.8. The first kappa shape index (κ1) is 13.5. The maximum Gasteiger partial charge on any atom is 0.289 e. The minimum absolute atomic E-state index is 0.0164. The van der Waals surface area contributed by atoms with Crippen LogP contribution in [0.4, 0.5) is 0 Å². The number of amides is 1. The monoisotopic (exact) mass is 301 g/mol. The molecule has 1 saturated carbocycles. The Bertz CT molecular complexity index is 637. The number of likely N-dealkylation sites (tertiary alicyclic amines) is 1. The lowest BCUT2D eigenvalue weighted by atomic mass is 9.93. The maximum atomic E-state index is 12.2. The number of piperidine rings is 1. The molecule has 0 spiro atoms. The first-order valence-corrected chi connectivity index (χ1v) is 7.95. The number of rotatable bonds is 4. The molecule has 3 heterocycles. The third-order valence-electron chi connectivity index (χ3n) is 4.52. The Labute approximate surface area is 128 Å². The third-order valence-corrected chi connectivity index (χ3v) is 4.52. The van der Waals surface area contributed by atoms with Gasteiger partial charge in [0.1, 0.15) is 0 Å². The van der Waals surface area contributed by atoms with Crippen LogP contribution in [-0.2, 0) is 6.42 Å². The Balaban J connectivity index is 1.30. The Morgan fingerprint density at radius 2 is 2.09 bits per heavy atom. The van der Waals surface area contributed by atoms with E-state index < -0.39 is 0 Å². The standard InChI is InChI=1S/C16H19N3O3/c20-16(13-2-1-9-21-13)19-7-5-11(6-8-19)10-14-17-15(18-22-14)12-3-4-12/h1-2,9,11-12H,3-8,10H2. The first-order valence-electron chi connectivity index (χ1n) is 7.95. The van der Waals surface area contributed by atoms with Crippen molar-refractivity contribution in [1.82, 2.24) is 15.0 Å². The van der Waals surface area contributed by atoms with E-state index in [9.17, 15) is 4.79 Å². The van der Waals surface area contributed by atoms with Crippen molar-refractivity contribution in [2.75, 3.05) is 13.1 Å². The number of hydrogen-bond acceptors (Lipinski definition) is 5. The van der Waals surface area contributed by atoms with Gasteiger partial charge in [0.2, 0.25) is 5.89 Å². The van der Waals surface area contributed by atoms with Crippen LogP contribution in [0.2, 0.25) is 0 Å². The van der Waals surface area contributed by atoms with Crippen LogP contribution >= 0.6 is 0 Å². The van der Waals surface area contributed by atoms with E-state index in [4.69, 9.17) is 8.94 Å². The van der Waals surface area contributed by atoms with Crippen LogP contribution in [0.15, 0.2) is 27.3 Å². The second kappa shape index (κ2) is 5.59. The van der Waals surface area contributed by atoms with Gasteiger partial charge in [0.25, 0.3) is 5.91 Å². The van der Waals surface area contributed by atoms with Gasteiger partial charge in [-0.05, 0) is 43.7 Å². The van der Waals surface area contributed by atoms with Crippen LogP contribution < -0.4 is 0 Å². The number of hydrogen-bond donors (Lipinski definition) is 0. The summed E-state index contributed by atoms with van der Waals surface area (Å²) in [4.78, 5) is 18.6. The lowest BCUT2D eigenvalue weighted by Gasteiger charge is -2.30. The SMILES string of the molecule is O=C(c1ccco1)N1CCC(Cc2nc(C3CC3)no2)CC1. The molecule has 1 aliphatic heterocycles. The molecule has 0 N–H and O–H groups in total. The summed E-state index contributed by atoms with van der Waals surface area (Å²) in [7, 11) is 0. The van der Waals surface area contributed by atoms with E-state index in [-0.39, 0.29) is 5.91 Å². The molecule has 1 amide bonds. The summed E-state index contributed by atoms with van der Waals surface area (Å²) >= 11 is 0. The fraction of sp³-hybridized carbons (Fsp3) is 0.562. The molecule has 6 nitrogen and oxygen atoms in total. The second-order valence-electron chi connectivity index (χ2n) is 6.24. The quantitative estimate of drug-likeness (QED) is 0.868. The van der Waals surface area contributed by atoms with Crippen molar-refractivity contribution in [1.29, 1.82) is 0 Å². The number of nitrogens with zero attached hydrogens (tertiary/aromatic N) is 3. The fourth-order valence-electron chi connectivity index (χ4n) is 3.00. The van der Waals surface area contributed by atoms with E-state index in [0.717, 1.165) is 44.1 Å². The molecule has 0 aromatic carbocycles. The Morgan fingerprint density at radius 3 is 2.77 bits per heavy atom. The molecular weight excluding hydrogens is 282 g/mol. The summed E-state index contributed by atoms with van der Waals surface area (Å²) in [5.74, 6) is 3.07. The van der Waals surface area contributed by atoms with Crippen LogP contribution in [0, 0.1) is 5.92 Å². The van der Waals surface area contributed by atoms with Crippen molar-refractivity contribution in [3.8, 4) is 0 Å². The van der Waals surface area contributed by atoms with Gasteiger partial charge in [0.15, 0.2) is 11.6 Å². The summed E-state index contributed by atoms with van der Waals surface area (Å²) in [6, 6.07) is 3.46. The Morgan fingerprint density at radius 1 is 1.27 bits per heavy atom. The van der Waals surface area contributed by atoms with E-state index in [1.54, 1.807) is 12.1 Å². The average molecular weight is 301 g/mol. The highest BCUT2D eigenvalue weighted by Crippen LogP contribution is 2.38. The lowest BCUT2D eigenvalue weighted by Crippen LogP contribution is -2.38. The molecular formula is C16H19N3O3. The van der Waals surface area contributed by atoms with Gasteiger partial charge in [-0.1, -0.05) is 5.16 Å². The topological polar surface area (TPSA) is 72.4 Å². The molecule has 0 unspecified atom stereocenters. The van der Waals surface area contributed by atoms with Crippen LogP contribution in [0.3, 0.4) is 0 Å². The van der Waals surface area contributed by atoms with E-state index >= 15 is 0 Å². The van der Waals surface area contributed by atoms with Crippen molar-refractivity contribution in [3.63, 3.8) is 0 Å². The van der Waals surface area contributed by atoms with Crippen molar-refractivity contribution in [2.45, 2.75) is 38.0 Å². The zero-order valence-electron chi connectivity index (χ0n) is 12.4. The van der Waals surface area contributed by atoms with E-state index in [2.05, 4.69) is 10.1 Å². The summed E-state index contributed by atoms with van der Waals surface area (Å²) < 4.78 is 10.5. The normalized spacial score (nSPS) is 19.5. The minimum atomic E-state index is -0.0164. The fourth-order valence-corrected chi connectivity index (χ4v) is 3.00. The van der Waals surface area contributed by atoms with Crippen molar-refractivity contribution >= 4 is 5.91 Å². The highest BCUT2D eigenvalue weighted by atomic mass is 16.5. The van der Waals surface area contributed by atoms with E-state index in [0.29, 0.717) is 17.6 Å². The molecule has 2 aromatic rings. The summed E-state index contributed by atoms with van der Waals surface area (Å²) in [5.41, 5.74) is 0. The summed E-state index contributed by atoms with van der Waals surface area (Å²) in [6.45, 7) is 1.52. The molecule has 2 fully saturated rings. The number of aromatic nitrogens is 2. The van der Waals surface area contributed by atoms with Gasteiger partial charge >= 0.3 is 0 Å². The Hall–Kier alpha value is -2.11. The van der Waals surface area contributed by atoms with Gasteiger partial charge in [-0.25, -0.2) is 0 Å². The number of furan rings is 1. The zero-order valence-corrected chi connectivity index (χ0v) is 12.4. The largest absolute Gasteiger partial charge is 0.459 e. The molecule has 0 atom stereocenters. The van der Waals surface area contributed by atoms with Crippen LogP contribution in [0.25, 0.3) is 0 Å². The smallest absolute Gasteiger partial charge is 0.289 e. The van der Waals surface area contributed by atoms with Crippen molar-refractivity contribution in [2.24, 2.45) is 5.92 Å². The van der Waals surface area contributed by atoms with E-state index in [1.165, 1.54) is 19.1 Å². The van der Waals surface area contributed by atoms with Crippen LogP contribution in [0.1, 0.15) is 53.9 Å². The summed E-state index contributed by atoms with van der Waals surface area (Å²) in [6.07, 6.45) is 6.66. The number of carbonyl (C=O) groups excluding carboxylic acids is 1. The van der Waals surface area contributed by atoms with Crippen molar-refractivity contribution < 1.29 is 13.7 Å². The molecule has 1 aliphatic carbocycles. The molecule has 2 aromatic heterocycles. The maximum absolute atomic E-state index is 12.2. The summed E-state index contributed by atoms with van der Waals surface area (Å²) in [5, 5.41) is 4.06. The van der Waals surface area contributed by atoms with Crippen molar-refractivity contribution in [3.05, 3.63) is 35.9 Å². The molecule has 0 radical (unpaired) electrons.